The number of alkyl halides is 3. The van der Waals surface area contributed by atoms with E-state index in [2.05, 4.69) is 31.3 Å². The molecule has 2 aromatic carbocycles. The fraction of sp³-hybridized carbons (Fsp3) is 0.261. The van der Waals surface area contributed by atoms with E-state index in [1.807, 2.05) is 0 Å². The second-order valence-corrected chi connectivity index (χ2v) is 9.23. The summed E-state index contributed by atoms with van der Waals surface area (Å²) in [4.78, 5) is 16.5. The lowest BCUT2D eigenvalue weighted by atomic mass is 10.0. The quantitative estimate of drug-likeness (QED) is 0.354. The van der Waals surface area contributed by atoms with Crippen LogP contribution in [-0.4, -0.2) is 33.0 Å². The Morgan fingerprint density at radius 1 is 1.22 bits per heavy atom. The van der Waals surface area contributed by atoms with Crippen molar-refractivity contribution in [2.24, 2.45) is 0 Å². The number of nitrogens with zero attached hydrogens (tertiary/aromatic N) is 4. The number of nitrogens with one attached hydrogen (secondary N) is 1. The molecule has 0 atom stereocenters. The molecule has 2 aromatic heterocycles. The Labute approximate surface area is 204 Å². The smallest absolute Gasteiger partial charge is 0.424 e. The second kappa shape index (κ2) is 8.87. The molecule has 1 fully saturated rings. The van der Waals surface area contributed by atoms with Crippen LogP contribution in [0, 0.1) is 17.1 Å². The van der Waals surface area contributed by atoms with Gasteiger partial charge >= 0.3 is 6.36 Å². The SMILES string of the molecule is N#CC1(NC(=O)Cc2nnc(Cc3nc4ccc(-c5cccc(OC(F)(F)F)c5)c(F)c4s3)o2)CC1. The summed E-state index contributed by atoms with van der Waals surface area (Å²) in [6, 6.07) is 10.1. The third-order valence-corrected chi connectivity index (χ3v) is 6.45. The van der Waals surface area contributed by atoms with Gasteiger partial charge in [0.05, 0.1) is 22.7 Å². The Balaban J connectivity index is 1.32. The van der Waals surface area contributed by atoms with E-state index in [0.717, 1.165) is 23.5 Å². The zero-order valence-corrected chi connectivity index (χ0v) is 19.0. The predicted octanol–water partition coefficient (Wildman–Crippen LogP) is 4.69. The summed E-state index contributed by atoms with van der Waals surface area (Å²) in [5, 5.41) is 19.9. The van der Waals surface area contributed by atoms with Gasteiger partial charge < -0.3 is 14.5 Å². The van der Waals surface area contributed by atoms with E-state index in [1.165, 1.54) is 18.2 Å². The molecule has 0 saturated heterocycles. The van der Waals surface area contributed by atoms with E-state index in [-0.39, 0.29) is 40.4 Å². The molecule has 5 rings (SSSR count). The van der Waals surface area contributed by atoms with E-state index in [0.29, 0.717) is 23.4 Å². The summed E-state index contributed by atoms with van der Waals surface area (Å²) in [6.07, 6.45) is -3.73. The van der Waals surface area contributed by atoms with E-state index in [9.17, 15) is 18.0 Å². The van der Waals surface area contributed by atoms with Crippen LogP contribution in [0.15, 0.2) is 40.8 Å². The molecule has 4 aromatic rings. The number of halogens is 4. The van der Waals surface area contributed by atoms with Gasteiger partial charge in [-0.05, 0) is 42.7 Å². The van der Waals surface area contributed by atoms with Crippen molar-refractivity contribution in [2.45, 2.75) is 37.6 Å². The van der Waals surface area contributed by atoms with Crippen molar-refractivity contribution in [2.75, 3.05) is 0 Å². The predicted molar refractivity (Wildman–Crippen MR) is 118 cm³/mol. The summed E-state index contributed by atoms with van der Waals surface area (Å²) >= 11 is 1.04. The highest BCUT2D eigenvalue weighted by Crippen LogP contribution is 2.36. The molecule has 8 nitrogen and oxygen atoms in total. The fourth-order valence-electron chi connectivity index (χ4n) is 3.56. The standard InChI is InChI=1S/C23H15F4N5O3S/c24-20-14(12-2-1-3-13(8-12)35-23(25,26)27)4-5-15-21(20)36-19(29-15)10-18-32-31-17(34-18)9-16(33)30-22(11-28)6-7-22/h1-5,8H,6-7,9-10H2,(H,30,33). The lowest BCUT2D eigenvalue weighted by molar-refractivity contribution is -0.274. The Kier molecular flexibility index (Phi) is 5.83. The monoisotopic (exact) mass is 517 g/mol. The number of benzene rings is 2. The van der Waals surface area contributed by atoms with Gasteiger partial charge in [-0.2, -0.15) is 5.26 Å². The third-order valence-electron chi connectivity index (χ3n) is 5.39. The van der Waals surface area contributed by atoms with Gasteiger partial charge in [0.25, 0.3) is 0 Å². The van der Waals surface area contributed by atoms with Gasteiger partial charge in [0.1, 0.15) is 28.5 Å². The zero-order valence-electron chi connectivity index (χ0n) is 18.2. The maximum Gasteiger partial charge on any atom is 0.573 e. The molecule has 0 bridgehead atoms. The fourth-order valence-corrected chi connectivity index (χ4v) is 4.56. The minimum absolute atomic E-state index is 0.0757. The van der Waals surface area contributed by atoms with Crippen LogP contribution in [-0.2, 0) is 17.6 Å². The highest BCUT2D eigenvalue weighted by atomic mass is 32.1. The van der Waals surface area contributed by atoms with Crippen LogP contribution in [0.4, 0.5) is 17.6 Å². The number of thiazole rings is 1. The second-order valence-electron chi connectivity index (χ2n) is 8.14. The first-order valence-corrected chi connectivity index (χ1v) is 11.4. The molecule has 1 aliphatic carbocycles. The number of carbonyl (C=O) groups is 1. The van der Waals surface area contributed by atoms with E-state index in [4.69, 9.17) is 9.68 Å². The number of hydrogen-bond donors (Lipinski definition) is 1. The van der Waals surface area contributed by atoms with Gasteiger partial charge in [-0.15, -0.1) is 34.7 Å². The molecule has 0 radical (unpaired) electrons. The summed E-state index contributed by atoms with van der Waals surface area (Å²) in [5.74, 6) is -1.23. The summed E-state index contributed by atoms with van der Waals surface area (Å²) in [6.45, 7) is 0. The maximum absolute atomic E-state index is 15.3. The molecule has 1 N–H and O–H groups in total. The largest absolute Gasteiger partial charge is 0.573 e. The van der Waals surface area contributed by atoms with Crippen molar-refractivity contribution < 1.29 is 31.5 Å². The van der Waals surface area contributed by atoms with Gasteiger partial charge in [0.2, 0.25) is 17.7 Å². The average Bonchev–Trinajstić information content (AvgIpc) is 3.23. The number of amides is 1. The van der Waals surface area contributed by atoms with Gasteiger partial charge in [-0.25, -0.2) is 9.37 Å². The Hall–Kier alpha value is -4.05. The number of fused-ring (bicyclic) bond motifs is 1. The topological polar surface area (TPSA) is 114 Å². The molecule has 13 heteroatoms. The van der Waals surface area contributed by atoms with Crippen LogP contribution in [0.5, 0.6) is 5.75 Å². The minimum Gasteiger partial charge on any atom is -0.424 e. The maximum atomic E-state index is 15.3. The Bertz CT molecular complexity index is 1500. The van der Waals surface area contributed by atoms with Crippen LogP contribution >= 0.6 is 11.3 Å². The van der Waals surface area contributed by atoms with E-state index < -0.39 is 29.4 Å². The molecule has 0 aliphatic heterocycles. The number of aromatic nitrogens is 3. The van der Waals surface area contributed by atoms with Crippen LogP contribution in [0.1, 0.15) is 29.6 Å². The number of ether oxygens (including phenoxy) is 1. The molecule has 0 unspecified atom stereocenters. The lowest BCUT2D eigenvalue weighted by Crippen LogP contribution is -2.36. The first-order chi connectivity index (χ1) is 17.1. The minimum atomic E-state index is -4.86. The van der Waals surface area contributed by atoms with Crippen molar-refractivity contribution in [3.05, 3.63) is 59.0 Å². The number of carbonyl (C=O) groups excluding carboxylic acids is 1. The van der Waals surface area contributed by atoms with Crippen molar-refractivity contribution in [1.82, 2.24) is 20.5 Å². The number of nitriles is 1. The molecule has 36 heavy (non-hydrogen) atoms. The molecule has 1 amide bonds. The van der Waals surface area contributed by atoms with Gasteiger partial charge in [0.15, 0.2) is 0 Å². The van der Waals surface area contributed by atoms with Crippen molar-refractivity contribution in [3.8, 4) is 22.9 Å². The van der Waals surface area contributed by atoms with Crippen LogP contribution in [0.2, 0.25) is 0 Å². The van der Waals surface area contributed by atoms with E-state index in [1.54, 1.807) is 6.07 Å². The highest BCUT2D eigenvalue weighted by Gasteiger charge is 2.44. The Morgan fingerprint density at radius 2 is 2.00 bits per heavy atom. The first kappa shape index (κ1) is 23.7. The number of hydrogen-bond acceptors (Lipinski definition) is 8. The molecule has 184 valence electrons. The third kappa shape index (κ3) is 5.13. The lowest BCUT2D eigenvalue weighted by Gasteiger charge is -2.10. The van der Waals surface area contributed by atoms with Crippen molar-refractivity contribution >= 4 is 27.5 Å². The van der Waals surface area contributed by atoms with Gasteiger partial charge in [-0.1, -0.05) is 12.1 Å². The molecule has 1 aliphatic rings. The van der Waals surface area contributed by atoms with Gasteiger partial charge in [0, 0.05) is 5.56 Å². The normalized spacial score (nSPS) is 14.4. The number of rotatable bonds is 7. The summed E-state index contributed by atoms with van der Waals surface area (Å²) < 4.78 is 62.5. The molecular weight excluding hydrogens is 502 g/mol. The van der Waals surface area contributed by atoms with Crippen LogP contribution in [0.3, 0.4) is 0 Å². The van der Waals surface area contributed by atoms with Crippen molar-refractivity contribution in [1.29, 1.82) is 5.26 Å². The first-order valence-electron chi connectivity index (χ1n) is 10.6. The zero-order chi connectivity index (χ0) is 25.5. The summed E-state index contributed by atoms with van der Waals surface area (Å²) in [5.41, 5.74) is -0.113. The molecular formula is C23H15F4N5O3S. The van der Waals surface area contributed by atoms with Crippen LogP contribution in [0.25, 0.3) is 21.3 Å². The average molecular weight is 517 g/mol. The molecule has 0 spiro atoms. The van der Waals surface area contributed by atoms with Gasteiger partial charge in [-0.3, -0.25) is 4.79 Å². The van der Waals surface area contributed by atoms with Crippen LogP contribution < -0.4 is 10.1 Å². The highest BCUT2D eigenvalue weighted by molar-refractivity contribution is 7.18. The molecule has 1 saturated carbocycles. The van der Waals surface area contributed by atoms with E-state index >= 15 is 4.39 Å². The molecule has 2 heterocycles. The Morgan fingerprint density at radius 3 is 2.72 bits per heavy atom. The summed E-state index contributed by atoms with van der Waals surface area (Å²) in [7, 11) is 0. The van der Waals surface area contributed by atoms with Crippen molar-refractivity contribution in [3.63, 3.8) is 0 Å².